The summed E-state index contributed by atoms with van der Waals surface area (Å²) in [6, 6.07) is 2.28. The van der Waals surface area contributed by atoms with Crippen molar-refractivity contribution in [2.45, 2.75) is 44.6 Å². The lowest BCUT2D eigenvalue weighted by molar-refractivity contribution is -0.0614. The van der Waals surface area contributed by atoms with Crippen molar-refractivity contribution in [3.05, 3.63) is 11.3 Å². The van der Waals surface area contributed by atoms with E-state index in [-0.39, 0.29) is 0 Å². The van der Waals surface area contributed by atoms with Gasteiger partial charge in [0.2, 0.25) is 0 Å². The number of aliphatic hydroxyl groups is 1. The van der Waals surface area contributed by atoms with Crippen LogP contribution in [0.5, 0.6) is 0 Å². The average molecular weight is 274 g/mol. The molecule has 3 rings (SSSR count). The fourth-order valence-corrected chi connectivity index (χ4v) is 3.90. The maximum atomic E-state index is 10.7. The summed E-state index contributed by atoms with van der Waals surface area (Å²) in [6.07, 6.45) is 5.16. The van der Waals surface area contributed by atoms with E-state index in [0.29, 0.717) is 11.5 Å². The van der Waals surface area contributed by atoms with Gasteiger partial charge in [-0.1, -0.05) is 12.8 Å². The third kappa shape index (κ3) is 1.99. The van der Waals surface area contributed by atoms with Gasteiger partial charge in [-0.25, -0.2) is 0 Å². The highest BCUT2D eigenvalue weighted by atomic mass is 16.3. The molecule has 20 heavy (non-hydrogen) atoms. The molecule has 1 aromatic rings. The van der Waals surface area contributed by atoms with E-state index in [1.165, 1.54) is 6.42 Å². The Hall–Kier alpha value is -1.54. The molecule has 108 valence electrons. The Bertz CT molecular complexity index is 559. The second kappa shape index (κ2) is 4.78. The molecule has 0 spiro atoms. The Morgan fingerprint density at radius 2 is 2.20 bits per heavy atom. The predicted octanol–water partition coefficient (Wildman–Crippen LogP) is 1.73. The molecule has 1 aliphatic heterocycles. The lowest BCUT2D eigenvalue weighted by Crippen LogP contribution is -2.53. The molecule has 1 aromatic heterocycles. The summed E-state index contributed by atoms with van der Waals surface area (Å²) < 4.78 is 1.81. The Kier molecular flexibility index (Phi) is 3.21. The second-order valence-corrected chi connectivity index (χ2v) is 6.26. The molecule has 2 aliphatic rings. The fourth-order valence-electron chi connectivity index (χ4n) is 3.90. The van der Waals surface area contributed by atoms with Crippen LogP contribution in [0, 0.1) is 24.2 Å². The molecule has 5 nitrogen and oxygen atoms in total. The molecular formula is C15H22N4O. The molecule has 0 radical (unpaired) electrons. The Balaban J connectivity index is 1.89. The third-order valence-corrected chi connectivity index (χ3v) is 5.03. The maximum absolute atomic E-state index is 10.7. The van der Waals surface area contributed by atoms with Crippen LogP contribution in [0.3, 0.4) is 0 Å². The Morgan fingerprint density at radius 1 is 1.40 bits per heavy atom. The molecule has 0 amide bonds. The van der Waals surface area contributed by atoms with Gasteiger partial charge >= 0.3 is 0 Å². The van der Waals surface area contributed by atoms with Crippen LogP contribution in [0.1, 0.15) is 43.4 Å². The van der Waals surface area contributed by atoms with Gasteiger partial charge in [0.05, 0.1) is 11.3 Å². The molecule has 5 heteroatoms. The number of piperidine rings is 1. The average Bonchev–Trinajstić information content (AvgIpc) is 2.71. The molecule has 2 heterocycles. The van der Waals surface area contributed by atoms with E-state index < -0.39 is 5.60 Å². The summed E-state index contributed by atoms with van der Waals surface area (Å²) >= 11 is 0. The molecule has 0 bridgehead atoms. The van der Waals surface area contributed by atoms with Gasteiger partial charge in [0.15, 0.2) is 0 Å². The highest BCUT2D eigenvalue weighted by Gasteiger charge is 2.43. The van der Waals surface area contributed by atoms with Crippen molar-refractivity contribution >= 4 is 5.82 Å². The number of aryl methyl sites for hydroxylation is 2. The lowest BCUT2D eigenvalue weighted by atomic mass is 9.71. The van der Waals surface area contributed by atoms with Gasteiger partial charge in [0.25, 0.3) is 0 Å². The quantitative estimate of drug-likeness (QED) is 0.847. The largest absolute Gasteiger partial charge is 0.389 e. The minimum atomic E-state index is -0.477. The van der Waals surface area contributed by atoms with Crippen LogP contribution < -0.4 is 4.90 Å². The number of anilines is 1. The number of hydrogen-bond acceptors (Lipinski definition) is 4. The zero-order valence-electron chi connectivity index (χ0n) is 12.3. The van der Waals surface area contributed by atoms with E-state index in [2.05, 4.69) is 16.1 Å². The second-order valence-electron chi connectivity index (χ2n) is 6.26. The first-order chi connectivity index (χ1) is 9.55. The van der Waals surface area contributed by atoms with Crippen LogP contribution in [0.4, 0.5) is 5.82 Å². The zero-order chi connectivity index (χ0) is 14.3. The van der Waals surface area contributed by atoms with Crippen LogP contribution in [0.15, 0.2) is 0 Å². The molecular weight excluding hydrogens is 252 g/mol. The Labute approximate surface area is 119 Å². The number of rotatable bonds is 1. The smallest absolute Gasteiger partial charge is 0.144 e. The molecule has 1 saturated heterocycles. The summed E-state index contributed by atoms with van der Waals surface area (Å²) in [5, 5.41) is 24.5. The highest BCUT2D eigenvalue weighted by molar-refractivity contribution is 5.57. The van der Waals surface area contributed by atoms with Crippen molar-refractivity contribution < 1.29 is 5.11 Å². The SMILES string of the molecule is Cc1nn(C)c(N2CCC3(O)CCCCC3C2)c1C#N. The molecule has 1 saturated carbocycles. The number of nitriles is 1. The molecule has 1 N–H and O–H groups in total. The molecule has 0 aromatic carbocycles. The van der Waals surface area contributed by atoms with Crippen molar-refractivity contribution in [3.8, 4) is 6.07 Å². The first kappa shape index (κ1) is 13.4. The highest BCUT2D eigenvalue weighted by Crippen LogP contribution is 2.41. The van der Waals surface area contributed by atoms with Crippen molar-refractivity contribution in [2.24, 2.45) is 13.0 Å². The molecule has 1 aliphatic carbocycles. The molecule has 2 atom stereocenters. The van der Waals surface area contributed by atoms with Gasteiger partial charge in [-0.3, -0.25) is 4.68 Å². The van der Waals surface area contributed by atoms with Gasteiger partial charge in [0.1, 0.15) is 17.5 Å². The predicted molar refractivity (Wildman–Crippen MR) is 76.4 cm³/mol. The minimum absolute atomic E-state index is 0.326. The first-order valence-corrected chi connectivity index (χ1v) is 7.46. The fraction of sp³-hybridized carbons (Fsp3) is 0.733. The normalized spacial score (nSPS) is 29.9. The van der Waals surface area contributed by atoms with Crippen molar-refractivity contribution in [3.63, 3.8) is 0 Å². The van der Waals surface area contributed by atoms with Crippen LogP contribution in [0.2, 0.25) is 0 Å². The topological polar surface area (TPSA) is 65.1 Å². The van der Waals surface area contributed by atoms with E-state index >= 15 is 0 Å². The van der Waals surface area contributed by atoms with Gasteiger partial charge < -0.3 is 10.0 Å². The minimum Gasteiger partial charge on any atom is -0.389 e. The van der Waals surface area contributed by atoms with Crippen LogP contribution in [-0.4, -0.2) is 33.6 Å². The standard InChI is InChI=1S/C15H22N4O/c1-11-13(9-16)14(18(2)17-11)19-8-7-15(20)6-4-3-5-12(15)10-19/h12,20H,3-8,10H2,1-2H3. The summed E-state index contributed by atoms with van der Waals surface area (Å²) in [5.41, 5.74) is 0.984. The van der Waals surface area contributed by atoms with Crippen molar-refractivity contribution in [1.82, 2.24) is 9.78 Å². The first-order valence-electron chi connectivity index (χ1n) is 7.46. The van der Waals surface area contributed by atoms with Gasteiger partial charge in [-0.2, -0.15) is 10.4 Å². The number of hydrogen-bond donors (Lipinski definition) is 1. The van der Waals surface area contributed by atoms with Crippen molar-refractivity contribution in [2.75, 3.05) is 18.0 Å². The number of fused-ring (bicyclic) bond motifs is 1. The summed E-state index contributed by atoms with van der Waals surface area (Å²) in [7, 11) is 1.89. The number of nitrogens with zero attached hydrogens (tertiary/aromatic N) is 4. The molecule has 2 unspecified atom stereocenters. The summed E-state index contributed by atoms with van der Waals surface area (Å²) in [4.78, 5) is 2.24. The lowest BCUT2D eigenvalue weighted by Gasteiger charge is -2.48. The zero-order valence-corrected chi connectivity index (χ0v) is 12.3. The van der Waals surface area contributed by atoms with Gasteiger partial charge in [-0.15, -0.1) is 0 Å². The van der Waals surface area contributed by atoms with E-state index in [1.807, 2.05) is 14.0 Å². The third-order valence-electron chi connectivity index (χ3n) is 5.03. The number of aromatic nitrogens is 2. The van der Waals surface area contributed by atoms with Crippen molar-refractivity contribution in [1.29, 1.82) is 5.26 Å². The monoisotopic (exact) mass is 274 g/mol. The molecule has 2 fully saturated rings. The van der Waals surface area contributed by atoms with E-state index in [9.17, 15) is 10.4 Å². The van der Waals surface area contributed by atoms with E-state index in [1.54, 1.807) is 4.68 Å². The summed E-state index contributed by atoms with van der Waals surface area (Å²) in [6.45, 7) is 3.52. The van der Waals surface area contributed by atoms with Crippen LogP contribution in [-0.2, 0) is 7.05 Å². The Morgan fingerprint density at radius 3 is 2.95 bits per heavy atom. The summed E-state index contributed by atoms with van der Waals surface area (Å²) in [5.74, 6) is 1.24. The van der Waals surface area contributed by atoms with E-state index in [4.69, 9.17) is 0 Å². The van der Waals surface area contributed by atoms with E-state index in [0.717, 1.165) is 50.3 Å². The van der Waals surface area contributed by atoms with Crippen LogP contribution in [0.25, 0.3) is 0 Å². The van der Waals surface area contributed by atoms with Gasteiger partial charge in [-0.05, 0) is 26.2 Å². The van der Waals surface area contributed by atoms with Crippen LogP contribution >= 0.6 is 0 Å². The van der Waals surface area contributed by atoms with Gasteiger partial charge in [0, 0.05) is 26.1 Å². The maximum Gasteiger partial charge on any atom is 0.144 e.